The summed E-state index contributed by atoms with van der Waals surface area (Å²) >= 11 is 0. The average Bonchev–Trinajstić information content (AvgIpc) is 2.54. The molecule has 1 atom stereocenters. The molecule has 3 nitrogen and oxygen atoms in total. The van der Waals surface area contributed by atoms with Gasteiger partial charge in [-0.1, -0.05) is 6.92 Å². The normalized spacial score (nSPS) is 13.2. The van der Waals surface area contributed by atoms with E-state index in [1.807, 2.05) is 26.5 Å². The van der Waals surface area contributed by atoms with Crippen molar-refractivity contribution >= 4 is 0 Å². The number of imidazole rings is 1. The molecule has 0 aliphatic carbocycles. The highest BCUT2D eigenvalue weighted by Gasteiger charge is 2.05. The molecule has 0 amide bonds. The molecule has 1 N–H and O–H groups in total. The van der Waals surface area contributed by atoms with Crippen molar-refractivity contribution in [2.45, 2.75) is 32.2 Å². The molecule has 74 valence electrons. The number of hydrogen-bond acceptors (Lipinski definition) is 2. The average molecular weight is 181 g/mol. The monoisotopic (exact) mass is 181 g/mol. The van der Waals surface area contributed by atoms with Crippen LogP contribution in [0.4, 0.5) is 0 Å². The van der Waals surface area contributed by atoms with Gasteiger partial charge in [0.1, 0.15) is 5.82 Å². The molecule has 0 saturated heterocycles. The van der Waals surface area contributed by atoms with E-state index in [9.17, 15) is 0 Å². The van der Waals surface area contributed by atoms with Gasteiger partial charge in [-0.15, -0.1) is 0 Å². The molecular weight excluding hydrogens is 162 g/mol. The third kappa shape index (κ3) is 2.84. The number of rotatable bonds is 5. The number of aromatic nitrogens is 2. The minimum atomic E-state index is 0.622. The molecule has 13 heavy (non-hydrogen) atoms. The first-order valence-corrected chi connectivity index (χ1v) is 4.91. The van der Waals surface area contributed by atoms with Gasteiger partial charge in [0.15, 0.2) is 0 Å². The minimum absolute atomic E-state index is 0.622. The van der Waals surface area contributed by atoms with E-state index in [1.165, 1.54) is 12.2 Å². The molecule has 0 aliphatic rings. The molecule has 1 heterocycles. The zero-order valence-electron chi connectivity index (χ0n) is 8.75. The second kappa shape index (κ2) is 5.02. The Morgan fingerprint density at radius 2 is 2.38 bits per heavy atom. The van der Waals surface area contributed by atoms with E-state index in [-0.39, 0.29) is 0 Å². The third-order valence-electron chi connectivity index (χ3n) is 2.54. The topological polar surface area (TPSA) is 29.9 Å². The highest BCUT2D eigenvalue weighted by atomic mass is 15.0. The van der Waals surface area contributed by atoms with Crippen LogP contribution >= 0.6 is 0 Å². The standard InChI is InChI=1S/C10H19N3/c1-4-9(11-2)5-6-10-12-7-8-13(10)3/h7-9,11H,4-6H2,1-3H3. The summed E-state index contributed by atoms with van der Waals surface area (Å²) in [5.41, 5.74) is 0. The number of hydrogen-bond donors (Lipinski definition) is 1. The Morgan fingerprint density at radius 1 is 1.62 bits per heavy atom. The van der Waals surface area contributed by atoms with Gasteiger partial charge in [-0.3, -0.25) is 0 Å². The lowest BCUT2D eigenvalue weighted by Crippen LogP contribution is -2.25. The summed E-state index contributed by atoms with van der Waals surface area (Å²) in [7, 11) is 4.06. The van der Waals surface area contributed by atoms with E-state index in [0.717, 1.165) is 12.8 Å². The van der Waals surface area contributed by atoms with Gasteiger partial charge >= 0.3 is 0 Å². The van der Waals surface area contributed by atoms with Crippen molar-refractivity contribution in [1.29, 1.82) is 0 Å². The second-order valence-corrected chi connectivity index (χ2v) is 3.39. The summed E-state index contributed by atoms with van der Waals surface area (Å²) in [5.74, 6) is 1.17. The first-order chi connectivity index (χ1) is 6.27. The first kappa shape index (κ1) is 10.3. The Balaban J connectivity index is 2.38. The molecule has 1 aromatic rings. The maximum atomic E-state index is 4.29. The van der Waals surface area contributed by atoms with Crippen molar-refractivity contribution < 1.29 is 0 Å². The van der Waals surface area contributed by atoms with Crippen LogP contribution < -0.4 is 5.32 Å². The highest BCUT2D eigenvalue weighted by Crippen LogP contribution is 2.04. The van der Waals surface area contributed by atoms with Crippen LogP contribution in [0.1, 0.15) is 25.6 Å². The van der Waals surface area contributed by atoms with Gasteiger partial charge in [-0.2, -0.15) is 0 Å². The van der Waals surface area contributed by atoms with Crippen molar-refractivity contribution in [1.82, 2.24) is 14.9 Å². The molecule has 0 bridgehead atoms. The molecule has 0 fully saturated rings. The largest absolute Gasteiger partial charge is 0.338 e. The van der Waals surface area contributed by atoms with Crippen LogP contribution in [-0.4, -0.2) is 22.6 Å². The van der Waals surface area contributed by atoms with Crippen LogP contribution in [0.2, 0.25) is 0 Å². The SMILES string of the molecule is CCC(CCc1nccn1C)NC. The van der Waals surface area contributed by atoms with Crippen molar-refractivity contribution in [3.63, 3.8) is 0 Å². The Labute approximate surface area is 80.2 Å². The van der Waals surface area contributed by atoms with Gasteiger partial charge in [0, 0.05) is 31.9 Å². The van der Waals surface area contributed by atoms with E-state index in [1.54, 1.807) is 0 Å². The van der Waals surface area contributed by atoms with Gasteiger partial charge in [0.25, 0.3) is 0 Å². The zero-order valence-corrected chi connectivity index (χ0v) is 8.75. The van der Waals surface area contributed by atoms with Crippen LogP contribution in [-0.2, 0) is 13.5 Å². The molecule has 1 rings (SSSR count). The molecule has 0 saturated carbocycles. The Hall–Kier alpha value is -0.830. The lowest BCUT2D eigenvalue weighted by molar-refractivity contribution is 0.499. The van der Waals surface area contributed by atoms with E-state index >= 15 is 0 Å². The van der Waals surface area contributed by atoms with Crippen LogP contribution in [0.15, 0.2) is 12.4 Å². The van der Waals surface area contributed by atoms with Gasteiger partial charge in [-0.05, 0) is 19.9 Å². The molecule has 0 spiro atoms. The molecule has 0 aromatic carbocycles. The van der Waals surface area contributed by atoms with Crippen molar-refractivity contribution in [3.05, 3.63) is 18.2 Å². The predicted molar refractivity (Wildman–Crippen MR) is 54.7 cm³/mol. The third-order valence-corrected chi connectivity index (χ3v) is 2.54. The van der Waals surface area contributed by atoms with Crippen LogP contribution in [0.3, 0.4) is 0 Å². The number of nitrogens with zero attached hydrogens (tertiary/aromatic N) is 2. The van der Waals surface area contributed by atoms with E-state index in [4.69, 9.17) is 0 Å². The highest BCUT2D eigenvalue weighted by molar-refractivity contribution is 4.91. The molecule has 3 heteroatoms. The molecular formula is C10H19N3. The maximum Gasteiger partial charge on any atom is 0.108 e. The predicted octanol–water partition coefficient (Wildman–Crippen LogP) is 1.35. The van der Waals surface area contributed by atoms with E-state index in [0.29, 0.717) is 6.04 Å². The summed E-state index contributed by atoms with van der Waals surface area (Å²) in [5, 5.41) is 3.30. The van der Waals surface area contributed by atoms with Crippen LogP contribution in [0, 0.1) is 0 Å². The second-order valence-electron chi connectivity index (χ2n) is 3.39. The van der Waals surface area contributed by atoms with E-state index in [2.05, 4.69) is 21.8 Å². The molecule has 0 radical (unpaired) electrons. The van der Waals surface area contributed by atoms with Crippen molar-refractivity contribution in [2.75, 3.05) is 7.05 Å². The van der Waals surface area contributed by atoms with E-state index < -0.39 is 0 Å². The summed E-state index contributed by atoms with van der Waals surface area (Å²) in [4.78, 5) is 4.29. The lowest BCUT2D eigenvalue weighted by atomic mass is 10.1. The number of aryl methyl sites for hydroxylation is 2. The van der Waals surface area contributed by atoms with Crippen LogP contribution in [0.5, 0.6) is 0 Å². The van der Waals surface area contributed by atoms with Crippen LogP contribution in [0.25, 0.3) is 0 Å². The smallest absolute Gasteiger partial charge is 0.108 e. The quantitative estimate of drug-likeness (QED) is 0.743. The summed E-state index contributed by atoms with van der Waals surface area (Å²) in [6, 6.07) is 0.622. The minimum Gasteiger partial charge on any atom is -0.338 e. The van der Waals surface area contributed by atoms with Crippen molar-refractivity contribution in [2.24, 2.45) is 7.05 Å². The zero-order chi connectivity index (χ0) is 9.68. The Morgan fingerprint density at radius 3 is 2.85 bits per heavy atom. The molecule has 0 aliphatic heterocycles. The molecule has 1 unspecified atom stereocenters. The van der Waals surface area contributed by atoms with Gasteiger partial charge in [-0.25, -0.2) is 4.98 Å². The molecule has 1 aromatic heterocycles. The maximum absolute atomic E-state index is 4.29. The Kier molecular flexibility index (Phi) is 3.96. The fourth-order valence-corrected chi connectivity index (χ4v) is 1.49. The number of nitrogens with one attached hydrogen (secondary N) is 1. The fourth-order valence-electron chi connectivity index (χ4n) is 1.49. The Bertz CT molecular complexity index is 238. The van der Waals surface area contributed by atoms with Crippen molar-refractivity contribution in [3.8, 4) is 0 Å². The lowest BCUT2D eigenvalue weighted by Gasteiger charge is -2.12. The van der Waals surface area contributed by atoms with Gasteiger partial charge in [0.05, 0.1) is 0 Å². The summed E-state index contributed by atoms with van der Waals surface area (Å²) in [6.07, 6.45) is 7.26. The van der Waals surface area contributed by atoms with Gasteiger partial charge in [0.2, 0.25) is 0 Å². The fraction of sp³-hybridized carbons (Fsp3) is 0.700. The summed E-state index contributed by atoms with van der Waals surface area (Å²) in [6.45, 7) is 2.21. The first-order valence-electron chi connectivity index (χ1n) is 4.91. The summed E-state index contributed by atoms with van der Waals surface area (Å²) < 4.78 is 2.09. The van der Waals surface area contributed by atoms with Gasteiger partial charge < -0.3 is 9.88 Å².